The van der Waals surface area contributed by atoms with Gasteiger partial charge in [-0.15, -0.1) is 11.3 Å². The number of rotatable bonds is 8. The fourth-order valence-corrected chi connectivity index (χ4v) is 3.21. The largest absolute Gasteiger partial charge is 0.480 e. The SMILES string of the molecule is CC(C)C[C@H](NC(=O)Cc1csc(Cc2ccccc2)n1)C(=O)O. The van der Waals surface area contributed by atoms with Gasteiger partial charge in [0.2, 0.25) is 5.91 Å². The first kappa shape index (κ1) is 18.1. The molecule has 1 aromatic heterocycles. The van der Waals surface area contributed by atoms with Crippen molar-refractivity contribution >= 4 is 23.2 Å². The number of nitrogens with one attached hydrogen (secondary N) is 1. The Labute approximate surface area is 145 Å². The third kappa shape index (κ3) is 5.77. The zero-order valence-electron chi connectivity index (χ0n) is 13.9. The maximum atomic E-state index is 12.1. The van der Waals surface area contributed by atoms with Crippen molar-refractivity contribution in [3.8, 4) is 0 Å². The van der Waals surface area contributed by atoms with Gasteiger partial charge in [0.25, 0.3) is 0 Å². The molecule has 0 saturated heterocycles. The van der Waals surface area contributed by atoms with E-state index in [-0.39, 0.29) is 18.2 Å². The third-order valence-electron chi connectivity index (χ3n) is 3.48. The zero-order valence-corrected chi connectivity index (χ0v) is 14.7. The van der Waals surface area contributed by atoms with Crippen LogP contribution in [0.2, 0.25) is 0 Å². The van der Waals surface area contributed by atoms with Crippen molar-refractivity contribution < 1.29 is 14.7 Å². The van der Waals surface area contributed by atoms with Gasteiger partial charge in [0.05, 0.1) is 17.1 Å². The quantitative estimate of drug-likeness (QED) is 0.770. The predicted molar refractivity (Wildman–Crippen MR) is 94.1 cm³/mol. The Kier molecular flexibility index (Phi) is 6.49. The van der Waals surface area contributed by atoms with Gasteiger partial charge >= 0.3 is 5.97 Å². The maximum Gasteiger partial charge on any atom is 0.326 e. The molecule has 0 bridgehead atoms. The Hall–Kier alpha value is -2.21. The molecule has 0 radical (unpaired) electrons. The Morgan fingerprint density at radius 1 is 1.25 bits per heavy atom. The lowest BCUT2D eigenvalue weighted by atomic mass is 10.0. The van der Waals surface area contributed by atoms with Gasteiger partial charge in [-0.2, -0.15) is 0 Å². The summed E-state index contributed by atoms with van der Waals surface area (Å²) in [7, 11) is 0. The van der Waals surface area contributed by atoms with Crippen LogP contribution in [0, 0.1) is 5.92 Å². The summed E-state index contributed by atoms with van der Waals surface area (Å²) in [5.74, 6) is -1.11. The van der Waals surface area contributed by atoms with Crippen LogP contribution in [-0.4, -0.2) is 28.0 Å². The van der Waals surface area contributed by atoms with Crippen LogP contribution in [0.4, 0.5) is 0 Å². The number of amides is 1. The standard InChI is InChI=1S/C18H22N2O3S/c1-12(2)8-15(18(22)23)20-16(21)10-14-11-24-17(19-14)9-13-6-4-3-5-7-13/h3-7,11-12,15H,8-10H2,1-2H3,(H,20,21)(H,22,23)/t15-/m0/s1. The highest BCUT2D eigenvalue weighted by Gasteiger charge is 2.21. The monoisotopic (exact) mass is 346 g/mol. The van der Waals surface area contributed by atoms with Crippen molar-refractivity contribution in [2.24, 2.45) is 5.92 Å². The first-order valence-electron chi connectivity index (χ1n) is 7.93. The number of carbonyl (C=O) groups excluding carboxylic acids is 1. The van der Waals surface area contributed by atoms with E-state index in [1.807, 2.05) is 49.6 Å². The molecule has 1 amide bonds. The lowest BCUT2D eigenvalue weighted by molar-refractivity contribution is -0.142. The van der Waals surface area contributed by atoms with Gasteiger partial charge in [-0.05, 0) is 17.9 Å². The minimum atomic E-state index is -1.000. The van der Waals surface area contributed by atoms with E-state index in [1.54, 1.807) is 0 Å². The van der Waals surface area contributed by atoms with Crippen LogP contribution in [0.1, 0.15) is 36.5 Å². The lowest BCUT2D eigenvalue weighted by Crippen LogP contribution is -2.42. The Morgan fingerprint density at radius 3 is 2.58 bits per heavy atom. The summed E-state index contributed by atoms with van der Waals surface area (Å²) in [5, 5.41) is 14.6. The van der Waals surface area contributed by atoms with E-state index in [0.717, 1.165) is 11.4 Å². The van der Waals surface area contributed by atoms with Gasteiger partial charge in [-0.3, -0.25) is 4.79 Å². The van der Waals surface area contributed by atoms with Crippen LogP contribution in [0.3, 0.4) is 0 Å². The summed E-state index contributed by atoms with van der Waals surface area (Å²) >= 11 is 1.51. The molecule has 0 aliphatic rings. The molecule has 6 heteroatoms. The highest BCUT2D eigenvalue weighted by atomic mass is 32.1. The molecule has 2 rings (SSSR count). The van der Waals surface area contributed by atoms with Crippen molar-refractivity contribution in [2.75, 3.05) is 0 Å². The van der Waals surface area contributed by atoms with Crippen molar-refractivity contribution in [3.05, 3.63) is 52.0 Å². The Morgan fingerprint density at radius 2 is 1.96 bits per heavy atom. The Balaban J connectivity index is 1.91. The molecule has 5 nitrogen and oxygen atoms in total. The second-order valence-corrected chi connectivity index (χ2v) is 7.10. The smallest absolute Gasteiger partial charge is 0.326 e. The summed E-state index contributed by atoms with van der Waals surface area (Å²) in [6, 6.07) is 9.17. The van der Waals surface area contributed by atoms with Gasteiger partial charge in [-0.25, -0.2) is 9.78 Å². The second kappa shape index (κ2) is 8.59. The highest BCUT2D eigenvalue weighted by Crippen LogP contribution is 2.15. The van der Waals surface area contributed by atoms with Crippen molar-refractivity contribution in [2.45, 2.75) is 39.2 Å². The number of carboxylic acid groups (broad SMARTS) is 1. The minimum Gasteiger partial charge on any atom is -0.480 e. The molecule has 24 heavy (non-hydrogen) atoms. The van der Waals surface area contributed by atoms with Crippen LogP contribution in [0.5, 0.6) is 0 Å². The topological polar surface area (TPSA) is 79.3 Å². The van der Waals surface area contributed by atoms with Crippen molar-refractivity contribution in [1.82, 2.24) is 10.3 Å². The summed E-state index contributed by atoms with van der Waals surface area (Å²) in [6.45, 7) is 3.86. The highest BCUT2D eigenvalue weighted by molar-refractivity contribution is 7.09. The summed E-state index contributed by atoms with van der Waals surface area (Å²) in [5.41, 5.74) is 1.85. The van der Waals surface area contributed by atoms with Gasteiger partial charge in [0, 0.05) is 11.8 Å². The van der Waals surface area contributed by atoms with Crippen LogP contribution in [0.15, 0.2) is 35.7 Å². The lowest BCUT2D eigenvalue weighted by Gasteiger charge is -2.16. The molecule has 0 unspecified atom stereocenters. The number of aliphatic carboxylic acids is 1. The van der Waals surface area contributed by atoms with Crippen LogP contribution >= 0.6 is 11.3 Å². The molecule has 2 aromatic rings. The van der Waals surface area contributed by atoms with E-state index in [9.17, 15) is 14.7 Å². The molecule has 1 heterocycles. The van der Waals surface area contributed by atoms with E-state index >= 15 is 0 Å². The normalized spacial score (nSPS) is 12.1. The molecule has 0 fully saturated rings. The van der Waals surface area contributed by atoms with Gasteiger partial charge in [-0.1, -0.05) is 44.2 Å². The summed E-state index contributed by atoms with van der Waals surface area (Å²) in [4.78, 5) is 27.7. The first-order valence-corrected chi connectivity index (χ1v) is 8.81. The van der Waals surface area contributed by atoms with E-state index in [0.29, 0.717) is 12.1 Å². The van der Waals surface area contributed by atoms with E-state index < -0.39 is 12.0 Å². The number of carbonyl (C=O) groups is 2. The number of hydrogen-bond acceptors (Lipinski definition) is 4. The molecule has 0 saturated carbocycles. The molecule has 2 N–H and O–H groups in total. The van der Waals surface area contributed by atoms with Gasteiger partial charge in [0.1, 0.15) is 6.04 Å². The number of benzene rings is 1. The predicted octanol–water partition coefficient (Wildman–Crippen LogP) is 2.89. The number of aromatic nitrogens is 1. The van der Waals surface area contributed by atoms with Crippen LogP contribution < -0.4 is 5.32 Å². The molecule has 0 aliphatic heterocycles. The number of hydrogen-bond donors (Lipinski definition) is 2. The van der Waals surface area contributed by atoms with Gasteiger partial charge in [0.15, 0.2) is 0 Å². The zero-order chi connectivity index (χ0) is 17.5. The molecule has 128 valence electrons. The Bertz CT molecular complexity index is 683. The third-order valence-corrected chi connectivity index (χ3v) is 4.38. The first-order chi connectivity index (χ1) is 11.4. The number of nitrogens with zero attached hydrogens (tertiary/aromatic N) is 1. The fraction of sp³-hybridized carbons (Fsp3) is 0.389. The molecular formula is C18H22N2O3S. The molecule has 1 aromatic carbocycles. The van der Waals surface area contributed by atoms with Crippen molar-refractivity contribution in [1.29, 1.82) is 0 Å². The molecule has 1 atom stereocenters. The molecule has 0 spiro atoms. The minimum absolute atomic E-state index is 0.104. The molecule has 0 aliphatic carbocycles. The summed E-state index contributed by atoms with van der Waals surface area (Å²) in [6.07, 6.45) is 1.25. The van der Waals surface area contributed by atoms with Crippen LogP contribution in [-0.2, 0) is 22.4 Å². The maximum absolute atomic E-state index is 12.1. The van der Waals surface area contributed by atoms with Crippen LogP contribution in [0.25, 0.3) is 0 Å². The van der Waals surface area contributed by atoms with E-state index in [4.69, 9.17) is 0 Å². The van der Waals surface area contributed by atoms with Crippen molar-refractivity contribution in [3.63, 3.8) is 0 Å². The summed E-state index contributed by atoms with van der Waals surface area (Å²) < 4.78 is 0. The van der Waals surface area contributed by atoms with E-state index in [2.05, 4.69) is 10.3 Å². The fourth-order valence-electron chi connectivity index (χ4n) is 2.38. The number of thiazole rings is 1. The van der Waals surface area contributed by atoms with Gasteiger partial charge < -0.3 is 10.4 Å². The average molecular weight is 346 g/mol. The molecular weight excluding hydrogens is 324 g/mol. The average Bonchev–Trinajstić information content (AvgIpc) is 2.94. The van der Waals surface area contributed by atoms with E-state index in [1.165, 1.54) is 16.9 Å². The second-order valence-electron chi connectivity index (χ2n) is 6.16. The number of carboxylic acids is 1.